The van der Waals surface area contributed by atoms with Crippen LogP contribution in [-0.4, -0.2) is 18.3 Å². The Labute approximate surface area is 168 Å². The zero-order valence-electron chi connectivity index (χ0n) is 15.6. The number of aryl methyl sites for hydroxylation is 1. The van der Waals surface area contributed by atoms with Crippen LogP contribution in [0.15, 0.2) is 66.7 Å². The summed E-state index contributed by atoms with van der Waals surface area (Å²) in [4.78, 5) is 4.74. The number of nitrogens with zero attached hydrogens (tertiary/aromatic N) is 1. The van der Waals surface area contributed by atoms with Gasteiger partial charge < -0.3 is 4.74 Å². The molecule has 0 aliphatic carbocycles. The zero-order chi connectivity index (χ0) is 19.3. The van der Waals surface area contributed by atoms with Crippen LogP contribution in [0.3, 0.4) is 0 Å². The predicted molar refractivity (Wildman–Crippen MR) is 117 cm³/mol. The first-order chi connectivity index (χ1) is 13.7. The molecule has 0 saturated heterocycles. The minimum absolute atomic E-state index is 0.0931. The number of fused-ring (bicyclic) bond motifs is 1. The molecule has 0 aliphatic rings. The average molecular weight is 389 g/mol. The number of benzene rings is 3. The van der Waals surface area contributed by atoms with Crippen molar-refractivity contribution in [2.75, 3.05) is 13.3 Å². The summed E-state index contributed by atoms with van der Waals surface area (Å²) in [5.41, 5.74) is 5.63. The lowest BCUT2D eigenvalue weighted by Gasteiger charge is -2.03. The van der Waals surface area contributed by atoms with Crippen LogP contribution in [-0.2, 0) is 0 Å². The first kappa shape index (κ1) is 18.4. The first-order valence-electron chi connectivity index (χ1n) is 9.16. The molecule has 140 valence electrons. The highest BCUT2D eigenvalue weighted by atomic mass is 32.1. The molecule has 0 atom stereocenters. The number of hydrogen-bond donors (Lipinski definition) is 0. The third kappa shape index (κ3) is 4.29. The molecule has 0 unspecified atom stereocenters. The number of aromatic nitrogens is 1. The summed E-state index contributed by atoms with van der Waals surface area (Å²) in [6.07, 6.45) is 4.12. The lowest BCUT2D eigenvalue weighted by Crippen LogP contribution is -1.98. The predicted octanol–water partition coefficient (Wildman–Crippen LogP) is 6.79. The number of ether oxygens (including phenoxy) is 1. The molecule has 4 heteroatoms. The highest BCUT2D eigenvalue weighted by Gasteiger charge is 2.06. The molecule has 2 nitrogen and oxygen atoms in total. The maximum absolute atomic E-state index is 12.1. The van der Waals surface area contributed by atoms with Gasteiger partial charge in [0.15, 0.2) is 0 Å². The van der Waals surface area contributed by atoms with E-state index in [4.69, 9.17) is 9.72 Å². The number of thiazole rings is 1. The standard InChI is InChI=1S/C24H20FNOS/c1-17-2-13-22-23(16-17)28-24(26-22)20-9-5-18(6-10-20)3-4-19-7-11-21(12-8-19)27-15-14-25/h2-13,16H,14-15H2,1H3/b4-3+. The molecule has 0 amide bonds. The fraction of sp³-hybridized carbons (Fsp3) is 0.125. The third-order valence-corrected chi connectivity index (χ3v) is 5.46. The topological polar surface area (TPSA) is 22.1 Å². The highest BCUT2D eigenvalue weighted by Crippen LogP contribution is 2.31. The van der Waals surface area contributed by atoms with Crippen LogP contribution in [0.5, 0.6) is 5.75 Å². The third-order valence-electron chi connectivity index (χ3n) is 4.40. The van der Waals surface area contributed by atoms with Crippen molar-refractivity contribution < 1.29 is 9.13 Å². The van der Waals surface area contributed by atoms with Crippen LogP contribution in [0.25, 0.3) is 32.9 Å². The van der Waals surface area contributed by atoms with Gasteiger partial charge in [-0.05, 0) is 47.9 Å². The van der Waals surface area contributed by atoms with Crippen molar-refractivity contribution in [3.63, 3.8) is 0 Å². The molecule has 0 spiro atoms. The van der Waals surface area contributed by atoms with E-state index in [1.165, 1.54) is 10.3 Å². The van der Waals surface area contributed by atoms with Gasteiger partial charge in [-0.2, -0.15) is 0 Å². The Morgan fingerprint density at radius 1 is 0.929 bits per heavy atom. The van der Waals surface area contributed by atoms with E-state index in [0.29, 0.717) is 5.75 Å². The molecule has 4 aromatic rings. The maximum atomic E-state index is 12.1. The van der Waals surface area contributed by atoms with Crippen molar-refractivity contribution in [1.82, 2.24) is 4.98 Å². The van der Waals surface area contributed by atoms with Crippen molar-refractivity contribution in [2.24, 2.45) is 0 Å². The van der Waals surface area contributed by atoms with Gasteiger partial charge in [0, 0.05) is 5.56 Å². The van der Waals surface area contributed by atoms with E-state index in [-0.39, 0.29) is 6.61 Å². The number of rotatable bonds is 6. The summed E-state index contributed by atoms with van der Waals surface area (Å²) in [5, 5.41) is 1.04. The van der Waals surface area contributed by atoms with E-state index in [0.717, 1.165) is 27.2 Å². The Kier molecular flexibility index (Phi) is 5.49. The summed E-state index contributed by atoms with van der Waals surface area (Å²) in [7, 11) is 0. The molecule has 1 aromatic heterocycles. The quantitative estimate of drug-likeness (QED) is 0.339. The molecule has 0 aliphatic heterocycles. The lowest BCUT2D eigenvalue weighted by molar-refractivity contribution is 0.273. The van der Waals surface area contributed by atoms with Crippen molar-refractivity contribution in [3.8, 4) is 16.3 Å². The van der Waals surface area contributed by atoms with Gasteiger partial charge in [0.1, 0.15) is 24.0 Å². The summed E-state index contributed by atoms with van der Waals surface area (Å²) in [6, 6.07) is 22.4. The molecule has 28 heavy (non-hydrogen) atoms. The van der Waals surface area contributed by atoms with Gasteiger partial charge >= 0.3 is 0 Å². The SMILES string of the molecule is Cc1ccc2nc(-c3ccc(/C=C/c4ccc(OCCF)cc4)cc3)sc2c1. The molecular weight excluding hydrogens is 369 g/mol. The van der Waals surface area contributed by atoms with Gasteiger partial charge in [-0.1, -0.05) is 54.6 Å². The highest BCUT2D eigenvalue weighted by molar-refractivity contribution is 7.21. The minimum atomic E-state index is -0.478. The van der Waals surface area contributed by atoms with Gasteiger partial charge in [-0.15, -0.1) is 11.3 Å². The second kappa shape index (κ2) is 8.36. The fourth-order valence-electron chi connectivity index (χ4n) is 2.92. The summed E-state index contributed by atoms with van der Waals surface area (Å²) in [5.74, 6) is 0.685. The van der Waals surface area contributed by atoms with Gasteiger partial charge in [0.05, 0.1) is 10.2 Å². The van der Waals surface area contributed by atoms with Crippen LogP contribution in [0.2, 0.25) is 0 Å². The molecule has 0 saturated carbocycles. The molecule has 1 heterocycles. The molecule has 0 radical (unpaired) electrons. The zero-order valence-corrected chi connectivity index (χ0v) is 16.4. The van der Waals surface area contributed by atoms with Crippen molar-refractivity contribution in [3.05, 3.63) is 83.4 Å². The van der Waals surface area contributed by atoms with E-state index >= 15 is 0 Å². The summed E-state index contributed by atoms with van der Waals surface area (Å²) in [6.45, 7) is 1.72. The van der Waals surface area contributed by atoms with E-state index in [9.17, 15) is 4.39 Å². The lowest BCUT2D eigenvalue weighted by atomic mass is 10.1. The average Bonchev–Trinajstić information content (AvgIpc) is 3.15. The Balaban J connectivity index is 1.47. The normalized spacial score (nSPS) is 11.4. The Morgan fingerprint density at radius 2 is 1.61 bits per heavy atom. The first-order valence-corrected chi connectivity index (χ1v) is 9.97. The van der Waals surface area contributed by atoms with Crippen LogP contribution < -0.4 is 4.74 Å². The van der Waals surface area contributed by atoms with Gasteiger partial charge in [-0.25, -0.2) is 9.37 Å². The van der Waals surface area contributed by atoms with Crippen molar-refractivity contribution in [2.45, 2.75) is 6.92 Å². The van der Waals surface area contributed by atoms with Gasteiger partial charge in [-0.3, -0.25) is 0 Å². The smallest absolute Gasteiger partial charge is 0.124 e. The van der Waals surface area contributed by atoms with Crippen LogP contribution in [0.1, 0.15) is 16.7 Å². The molecule has 0 fully saturated rings. The van der Waals surface area contributed by atoms with Crippen LogP contribution in [0.4, 0.5) is 4.39 Å². The van der Waals surface area contributed by atoms with Crippen LogP contribution >= 0.6 is 11.3 Å². The minimum Gasteiger partial charge on any atom is -0.491 e. The molecular formula is C24H20FNOS. The Bertz CT molecular complexity index is 1100. The van der Waals surface area contributed by atoms with E-state index in [2.05, 4.69) is 61.5 Å². The molecule has 3 aromatic carbocycles. The largest absolute Gasteiger partial charge is 0.491 e. The molecule has 0 N–H and O–H groups in total. The van der Waals surface area contributed by atoms with E-state index < -0.39 is 6.67 Å². The van der Waals surface area contributed by atoms with E-state index in [1.54, 1.807) is 11.3 Å². The monoisotopic (exact) mass is 389 g/mol. The van der Waals surface area contributed by atoms with Crippen molar-refractivity contribution in [1.29, 1.82) is 0 Å². The fourth-order valence-corrected chi connectivity index (χ4v) is 3.99. The second-order valence-corrected chi connectivity index (χ2v) is 7.58. The van der Waals surface area contributed by atoms with E-state index in [1.807, 2.05) is 24.3 Å². The number of alkyl halides is 1. The van der Waals surface area contributed by atoms with Gasteiger partial charge in [0.25, 0.3) is 0 Å². The summed E-state index contributed by atoms with van der Waals surface area (Å²) >= 11 is 1.72. The Morgan fingerprint density at radius 3 is 2.29 bits per heavy atom. The maximum Gasteiger partial charge on any atom is 0.124 e. The number of halogens is 1. The molecule has 0 bridgehead atoms. The number of hydrogen-bond acceptors (Lipinski definition) is 3. The summed E-state index contributed by atoms with van der Waals surface area (Å²) < 4.78 is 18.6. The van der Waals surface area contributed by atoms with Crippen LogP contribution in [0, 0.1) is 6.92 Å². The van der Waals surface area contributed by atoms with Crippen molar-refractivity contribution >= 4 is 33.7 Å². The molecule has 4 rings (SSSR count). The second-order valence-electron chi connectivity index (χ2n) is 6.55. The van der Waals surface area contributed by atoms with Gasteiger partial charge in [0.2, 0.25) is 0 Å². The Hall–Kier alpha value is -2.98.